The Morgan fingerprint density at radius 3 is 2.69 bits per heavy atom. The Morgan fingerprint density at radius 2 is 2.04 bits per heavy atom. The van der Waals surface area contributed by atoms with Crippen molar-refractivity contribution >= 4 is 23.8 Å². The van der Waals surface area contributed by atoms with Crippen LogP contribution in [0.3, 0.4) is 0 Å². The monoisotopic (exact) mass is 390 g/mol. The van der Waals surface area contributed by atoms with E-state index in [0.29, 0.717) is 36.1 Å². The number of rotatable bonds is 7. The van der Waals surface area contributed by atoms with E-state index in [2.05, 4.69) is 27.1 Å². The molecule has 0 radical (unpaired) electrons. The van der Waals surface area contributed by atoms with Crippen molar-refractivity contribution in [2.45, 2.75) is 45.6 Å². The van der Waals surface area contributed by atoms with Gasteiger partial charge < -0.3 is 8.98 Å². The maximum Gasteiger partial charge on any atom is 0.247 e. The molecule has 136 valence electrons. The molecular formula is C17H19ClN6OS. The van der Waals surface area contributed by atoms with Crippen molar-refractivity contribution in [1.29, 1.82) is 0 Å². The van der Waals surface area contributed by atoms with Gasteiger partial charge in [0, 0.05) is 23.2 Å². The fraction of sp³-hybridized carbons (Fsp3) is 0.412. The molecule has 2 heterocycles. The summed E-state index contributed by atoms with van der Waals surface area (Å²) in [5.74, 6) is 1.09. The van der Waals surface area contributed by atoms with Crippen LogP contribution in [0.1, 0.15) is 25.7 Å². The van der Waals surface area contributed by atoms with Crippen molar-refractivity contribution in [2.24, 2.45) is 0 Å². The van der Waals surface area contributed by atoms with E-state index in [9.17, 15) is 0 Å². The zero-order valence-corrected chi connectivity index (χ0v) is 15.9. The first-order valence-corrected chi connectivity index (χ1v) is 9.37. The van der Waals surface area contributed by atoms with Crippen LogP contribution in [0.4, 0.5) is 0 Å². The van der Waals surface area contributed by atoms with E-state index in [0.717, 1.165) is 16.9 Å². The summed E-state index contributed by atoms with van der Waals surface area (Å²) in [5, 5.41) is 13.4. The van der Waals surface area contributed by atoms with Crippen LogP contribution in [0.15, 0.2) is 35.0 Å². The van der Waals surface area contributed by atoms with Gasteiger partial charge in [-0.2, -0.15) is 5.10 Å². The molecule has 1 aliphatic rings. The molecule has 0 saturated heterocycles. The van der Waals surface area contributed by atoms with Gasteiger partial charge in [0.15, 0.2) is 4.77 Å². The van der Waals surface area contributed by atoms with Crippen LogP contribution in [-0.2, 0) is 19.8 Å². The smallest absolute Gasteiger partial charge is 0.247 e. The van der Waals surface area contributed by atoms with Gasteiger partial charge in [-0.25, -0.2) is 4.68 Å². The SMILES string of the molecule is CCn1cnn(CN(Cc2nnc(-c3ccc(Cl)cc3)o2)C2CC2)c1=S. The molecule has 0 atom stereocenters. The minimum atomic E-state index is 0.499. The molecule has 7 nitrogen and oxygen atoms in total. The molecule has 1 saturated carbocycles. The van der Waals surface area contributed by atoms with Gasteiger partial charge in [0.05, 0.1) is 13.2 Å². The maximum absolute atomic E-state index is 5.93. The van der Waals surface area contributed by atoms with Crippen LogP contribution in [0.2, 0.25) is 5.02 Å². The Balaban J connectivity index is 1.49. The predicted molar refractivity (Wildman–Crippen MR) is 100 cm³/mol. The summed E-state index contributed by atoms with van der Waals surface area (Å²) >= 11 is 11.4. The van der Waals surface area contributed by atoms with E-state index in [4.69, 9.17) is 28.2 Å². The first-order valence-electron chi connectivity index (χ1n) is 8.58. The maximum atomic E-state index is 5.93. The topological polar surface area (TPSA) is 64.9 Å². The molecule has 0 amide bonds. The molecule has 2 aromatic heterocycles. The average Bonchev–Trinajstić information content (AvgIpc) is 3.30. The predicted octanol–water partition coefficient (Wildman–Crippen LogP) is 3.76. The van der Waals surface area contributed by atoms with Gasteiger partial charge in [0.2, 0.25) is 11.8 Å². The van der Waals surface area contributed by atoms with Gasteiger partial charge in [0.25, 0.3) is 0 Å². The van der Waals surface area contributed by atoms with Crippen LogP contribution < -0.4 is 0 Å². The molecule has 0 spiro atoms. The summed E-state index contributed by atoms with van der Waals surface area (Å²) in [6.45, 7) is 4.06. The van der Waals surface area contributed by atoms with Gasteiger partial charge in [-0.3, -0.25) is 4.90 Å². The van der Waals surface area contributed by atoms with Crippen molar-refractivity contribution in [1.82, 2.24) is 29.4 Å². The Morgan fingerprint density at radius 1 is 1.27 bits per heavy atom. The summed E-state index contributed by atoms with van der Waals surface area (Å²) in [5.41, 5.74) is 0.857. The summed E-state index contributed by atoms with van der Waals surface area (Å²) < 4.78 is 10.4. The minimum absolute atomic E-state index is 0.499. The standard InChI is InChI=1S/C17H19ClN6OS/c1-2-22-10-19-24(17(22)26)11-23(14-7-8-14)9-15-20-21-16(25-15)12-3-5-13(18)6-4-12/h3-6,10,14H,2,7-9,11H2,1H3. The number of halogens is 1. The first kappa shape index (κ1) is 17.4. The number of nitrogens with zero attached hydrogens (tertiary/aromatic N) is 6. The molecule has 0 unspecified atom stereocenters. The zero-order valence-electron chi connectivity index (χ0n) is 14.4. The third kappa shape index (κ3) is 3.72. The van der Waals surface area contributed by atoms with Crippen molar-refractivity contribution < 1.29 is 4.42 Å². The highest BCUT2D eigenvalue weighted by molar-refractivity contribution is 7.71. The molecule has 1 aromatic carbocycles. The van der Waals surface area contributed by atoms with Crippen molar-refractivity contribution in [3.05, 3.63) is 46.3 Å². The number of hydrogen-bond acceptors (Lipinski definition) is 6. The Kier molecular flexibility index (Phi) is 4.88. The lowest BCUT2D eigenvalue weighted by Gasteiger charge is -2.19. The van der Waals surface area contributed by atoms with Gasteiger partial charge in [0.1, 0.15) is 6.33 Å². The lowest BCUT2D eigenvalue weighted by atomic mass is 10.2. The number of benzene rings is 1. The molecule has 1 aliphatic carbocycles. The second-order valence-corrected chi connectivity index (χ2v) is 7.13. The van der Waals surface area contributed by atoms with E-state index < -0.39 is 0 Å². The van der Waals surface area contributed by atoms with E-state index >= 15 is 0 Å². The third-order valence-corrected chi connectivity index (χ3v) is 5.11. The molecule has 1 fully saturated rings. The first-order chi connectivity index (χ1) is 12.6. The van der Waals surface area contributed by atoms with E-state index in [1.165, 1.54) is 12.8 Å². The van der Waals surface area contributed by atoms with Gasteiger partial charge >= 0.3 is 0 Å². The normalized spacial score (nSPS) is 14.3. The van der Waals surface area contributed by atoms with Crippen molar-refractivity contribution in [2.75, 3.05) is 0 Å². The molecule has 0 bridgehead atoms. The lowest BCUT2D eigenvalue weighted by molar-refractivity contribution is 0.169. The lowest BCUT2D eigenvalue weighted by Crippen LogP contribution is -2.29. The second-order valence-electron chi connectivity index (χ2n) is 6.33. The molecule has 3 aromatic rings. The summed E-state index contributed by atoms with van der Waals surface area (Å²) in [6, 6.07) is 7.87. The zero-order chi connectivity index (χ0) is 18.1. The Labute approximate surface area is 161 Å². The van der Waals surface area contributed by atoms with E-state index in [1.807, 2.05) is 33.5 Å². The van der Waals surface area contributed by atoms with Gasteiger partial charge in [-0.1, -0.05) is 11.6 Å². The minimum Gasteiger partial charge on any atom is -0.419 e. The van der Waals surface area contributed by atoms with Crippen LogP contribution >= 0.6 is 23.8 Å². The van der Waals surface area contributed by atoms with Crippen molar-refractivity contribution in [3.8, 4) is 11.5 Å². The summed E-state index contributed by atoms with van der Waals surface area (Å²) in [7, 11) is 0. The molecule has 0 N–H and O–H groups in total. The number of hydrogen-bond donors (Lipinski definition) is 0. The summed E-state index contributed by atoms with van der Waals surface area (Å²) in [6.07, 6.45) is 4.11. The molecule has 0 aliphatic heterocycles. The average molecular weight is 391 g/mol. The molecular weight excluding hydrogens is 372 g/mol. The van der Waals surface area contributed by atoms with Crippen LogP contribution in [-0.4, -0.2) is 35.5 Å². The highest BCUT2D eigenvalue weighted by atomic mass is 35.5. The second kappa shape index (κ2) is 7.30. The van der Waals surface area contributed by atoms with Crippen LogP contribution in [0.25, 0.3) is 11.5 Å². The van der Waals surface area contributed by atoms with E-state index in [1.54, 1.807) is 6.33 Å². The highest BCUT2D eigenvalue weighted by Gasteiger charge is 2.31. The Hall–Kier alpha value is -2.03. The van der Waals surface area contributed by atoms with Gasteiger partial charge in [-0.15, -0.1) is 10.2 Å². The van der Waals surface area contributed by atoms with E-state index in [-0.39, 0.29) is 0 Å². The molecule has 4 rings (SSSR count). The Bertz CT molecular complexity index is 943. The van der Waals surface area contributed by atoms with Gasteiger partial charge in [-0.05, 0) is 56.2 Å². The largest absolute Gasteiger partial charge is 0.419 e. The number of aromatic nitrogens is 5. The molecule has 9 heteroatoms. The fourth-order valence-electron chi connectivity index (χ4n) is 2.79. The number of aryl methyl sites for hydroxylation is 1. The highest BCUT2D eigenvalue weighted by Crippen LogP contribution is 2.29. The van der Waals surface area contributed by atoms with Crippen LogP contribution in [0, 0.1) is 4.77 Å². The molecule has 26 heavy (non-hydrogen) atoms. The quantitative estimate of drug-likeness (QED) is 0.572. The van der Waals surface area contributed by atoms with Crippen molar-refractivity contribution in [3.63, 3.8) is 0 Å². The third-order valence-electron chi connectivity index (χ3n) is 4.41. The van der Waals surface area contributed by atoms with Crippen LogP contribution in [0.5, 0.6) is 0 Å². The fourth-order valence-corrected chi connectivity index (χ4v) is 3.20. The summed E-state index contributed by atoms with van der Waals surface area (Å²) in [4.78, 5) is 2.28.